The van der Waals surface area contributed by atoms with Gasteiger partial charge in [-0.3, -0.25) is 9.89 Å². The average molecular weight is 285 g/mol. The molecule has 21 heavy (non-hydrogen) atoms. The largest absolute Gasteiger partial charge is 0.353 e. The third-order valence-corrected chi connectivity index (χ3v) is 4.00. The van der Waals surface area contributed by atoms with Crippen molar-refractivity contribution >= 4 is 11.7 Å². The summed E-state index contributed by atoms with van der Waals surface area (Å²) in [5.74, 6) is 0.980. The Morgan fingerprint density at radius 3 is 2.52 bits per heavy atom. The second kappa shape index (κ2) is 5.55. The predicted molar refractivity (Wildman–Crippen MR) is 80.4 cm³/mol. The lowest BCUT2D eigenvalue weighted by atomic mass is 10.2. The summed E-state index contributed by atoms with van der Waals surface area (Å²) < 4.78 is 0. The molecule has 0 aromatic carbocycles. The highest BCUT2D eigenvalue weighted by atomic mass is 16.2. The van der Waals surface area contributed by atoms with Gasteiger partial charge in [-0.15, -0.1) is 0 Å². The number of carbonyl (C=O) groups is 1. The van der Waals surface area contributed by atoms with Gasteiger partial charge in [-0.2, -0.15) is 5.10 Å². The molecule has 2 aromatic heterocycles. The number of anilines is 1. The van der Waals surface area contributed by atoms with Crippen LogP contribution in [-0.4, -0.2) is 52.2 Å². The summed E-state index contributed by atoms with van der Waals surface area (Å²) in [6.07, 6.45) is 1.79. The van der Waals surface area contributed by atoms with Crippen molar-refractivity contribution in [2.24, 2.45) is 0 Å². The summed E-state index contributed by atoms with van der Waals surface area (Å²) in [7, 11) is 0. The van der Waals surface area contributed by atoms with Gasteiger partial charge in [0.2, 0.25) is 0 Å². The Kier molecular flexibility index (Phi) is 3.60. The van der Waals surface area contributed by atoms with Gasteiger partial charge in [0.25, 0.3) is 5.91 Å². The van der Waals surface area contributed by atoms with E-state index in [-0.39, 0.29) is 5.91 Å². The molecule has 0 unspecified atom stereocenters. The smallest absolute Gasteiger partial charge is 0.274 e. The van der Waals surface area contributed by atoms with Crippen molar-refractivity contribution in [1.29, 1.82) is 0 Å². The van der Waals surface area contributed by atoms with Crippen molar-refractivity contribution in [3.8, 4) is 0 Å². The van der Waals surface area contributed by atoms with E-state index in [0.717, 1.165) is 30.2 Å². The van der Waals surface area contributed by atoms with Gasteiger partial charge in [0, 0.05) is 43.6 Å². The maximum atomic E-state index is 12.5. The zero-order valence-corrected chi connectivity index (χ0v) is 12.3. The van der Waals surface area contributed by atoms with Crippen molar-refractivity contribution in [3.05, 3.63) is 41.3 Å². The van der Waals surface area contributed by atoms with E-state index in [4.69, 9.17) is 0 Å². The summed E-state index contributed by atoms with van der Waals surface area (Å²) in [4.78, 5) is 20.9. The van der Waals surface area contributed by atoms with Crippen LogP contribution in [0.25, 0.3) is 0 Å². The van der Waals surface area contributed by atoms with Crippen LogP contribution in [0, 0.1) is 13.8 Å². The zero-order chi connectivity index (χ0) is 14.8. The molecule has 0 atom stereocenters. The van der Waals surface area contributed by atoms with Gasteiger partial charge >= 0.3 is 0 Å². The Labute approximate surface area is 123 Å². The number of nitrogens with one attached hydrogen (secondary N) is 1. The summed E-state index contributed by atoms with van der Waals surface area (Å²) in [5, 5.41) is 7.00. The van der Waals surface area contributed by atoms with Crippen LogP contribution in [0.4, 0.5) is 5.82 Å². The highest BCUT2D eigenvalue weighted by Gasteiger charge is 2.25. The van der Waals surface area contributed by atoms with E-state index < -0.39 is 0 Å². The highest BCUT2D eigenvalue weighted by molar-refractivity contribution is 5.94. The molecule has 1 fully saturated rings. The lowest BCUT2D eigenvalue weighted by Gasteiger charge is -2.35. The van der Waals surface area contributed by atoms with Crippen molar-refractivity contribution in [2.45, 2.75) is 13.8 Å². The van der Waals surface area contributed by atoms with Crippen LogP contribution < -0.4 is 4.90 Å². The fourth-order valence-electron chi connectivity index (χ4n) is 2.52. The number of carbonyl (C=O) groups excluding carboxylic acids is 1. The predicted octanol–water partition coefficient (Wildman–Crippen LogP) is 1.38. The summed E-state index contributed by atoms with van der Waals surface area (Å²) in [6, 6.07) is 5.89. The highest BCUT2D eigenvalue weighted by Crippen LogP contribution is 2.16. The maximum absolute atomic E-state index is 12.5. The van der Waals surface area contributed by atoms with Crippen LogP contribution in [0.1, 0.15) is 21.7 Å². The van der Waals surface area contributed by atoms with Crippen LogP contribution in [-0.2, 0) is 0 Å². The summed E-state index contributed by atoms with van der Waals surface area (Å²) >= 11 is 0. The Morgan fingerprint density at radius 2 is 1.95 bits per heavy atom. The molecule has 0 spiro atoms. The Hall–Kier alpha value is -2.37. The van der Waals surface area contributed by atoms with Gasteiger partial charge in [-0.1, -0.05) is 6.07 Å². The lowest BCUT2D eigenvalue weighted by molar-refractivity contribution is 0.0740. The number of aromatic amines is 1. The fraction of sp³-hybridized carbons (Fsp3) is 0.400. The molecule has 0 bridgehead atoms. The first-order chi connectivity index (χ1) is 10.2. The lowest BCUT2D eigenvalue weighted by Crippen LogP contribution is -2.49. The van der Waals surface area contributed by atoms with Gasteiger partial charge in [0.15, 0.2) is 5.69 Å². The zero-order valence-electron chi connectivity index (χ0n) is 12.3. The number of nitrogens with zero attached hydrogens (tertiary/aromatic N) is 4. The van der Waals surface area contributed by atoms with Crippen LogP contribution in [0.3, 0.4) is 0 Å². The number of pyridine rings is 1. The Morgan fingerprint density at radius 1 is 1.19 bits per heavy atom. The molecule has 0 aliphatic carbocycles. The van der Waals surface area contributed by atoms with Gasteiger partial charge in [0.05, 0.1) is 0 Å². The molecule has 1 aliphatic heterocycles. The molecule has 1 aliphatic rings. The second-order valence-electron chi connectivity index (χ2n) is 5.29. The van der Waals surface area contributed by atoms with Gasteiger partial charge in [-0.05, 0) is 26.0 Å². The topological polar surface area (TPSA) is 65.1 Å². The minimum atomic E-state index is 0.0116. The third-order valence-electron chi connectivity index (χ3n) is 4.00. The number of aromatic nitrogens is 3. The number of aryl methyl sites for hydroxylation is 1. The SMILES string of the molecule is Cc1[nH]nc(C(=O)N2CCN(c3ccccn3)CC2)c1C. The molecule has 1 N–H and O–H groups in total. The molecular weight excluding hydrogens is 266 g/mol. The first-order valence-electron chi connectivity index (χ1n) is 7.13. The first-order valence-corrected chi connectivity index (χ1v) is 7.13. The molecular formula is C15H19N5O. The average Bonchev–Trinajstić information content (AvgIpc) is 2.87. The van der Waals surface area contributed by atoms with Crippen LogP contribution >= 0.6 is 0 Å². The molecule has 3 heterocycles. The fourth-order valence-corrected chi connectivity index (χ4v) is 2.52. The van der Waals surface area contributed by atoms with Gasteiger partial charge < -0.3 is 9.80 Å². The van der Waals surface area contributed by atoms with Crippen LogP contribution in [0.2, 0.25) is 0 Å². The van der Waals surface area contributed by atoms with Crippen molar-refractivity contribution in [1.82, 2.24) is 20.1 Å². The molecule has 1 amide bonds. The number of H-pyrrole nitrogens is 1. The molecule has 6 heteroatoms. The van der Waals surface area contributed by atoms with E-state index in [1.165, 1.54) is 0 Å². The summed E-state index contributed by atoms with van der Waals surface area (Å²) in [6.45, 7) is 6.84. The molecule has 6 nitrogen and oxygen atoms in total. The Balaban J connectivity index is 1.66. The van der Waals surface area contributed by atoms with Crippen molar-refractivity contribution < 1.29 is 4.79 Å². The van der Waals surface area contributed by atoms with Crippen LogP contribution in [0.5, 0.6) is 0 Å². The quantitative estimate of drug-likeness (QED) is 0.905. The Bertz CT molecular complexity index is 629. The van der Waals surface area contributed by atoms with E-state index in [2.05, 4.69) is 20.1 Å². The first kappa shape index (κ1) is 13.6. The minimum absolute atomic E-state index is 0.0116. The number of rotatable bonds is 2. The van der Waals surface area contributed by atoms with Gasteiger partial charge in [0.1, 0.15) is 5.82 Å². The minimum Gasteiger partial charge on any atom is -0.353 e. The van der Waals surface area contributed by atoms with E-state index in [1.54, 1.807) is 6.20 Å². The number of hydrogen-bond donors (Lipinski definition) is 1. The van der Waals surface area contributed by atoms with Crippen LogP contribution in [0.15, 0.2) is 24.4 Å². The molecule has 0 saturated carbocycles. The maximum Gasteiger partial charge on any atom is 0.274 e. The molecule has 2 aromatic rings. The number of hydrogen-bond acceptors (Lipinski definition) is 4. The molecule has 1 saturated heterocycles. The molecule has 3 rings (SSSR count). The normalized spacial score (nSPS) is 15.3. The van der Waals surface area contributed by atoms with E-state index >= 15 is 0 Å². The second-order valence-corrected chi connectivity index (χ2v) is 5.29. The van der Waals surface area contributed by atoms with E-state index in [1.807, 2.05) is 36.9 Å². The molecule has 110 valence electrons. The number of piperazine rings is 1. The van der Waals surface area contributed by atoms with Gasteiger partial charge in [-0.25, -0.2) is 4.98 Å². The van der Waals surface area contributed by atoms with Crippen molar-refractivity contribution in [2.75, 3.05) is 31.1 Å². The monoisotopic (exact) mass is 285 g/mol. The van der Waals surface area contributed by atoms with E-state index in [0.29, 0.717) is 18.8 Å². The molecule has 0 radical (unpaired) electrons. The van der Waals surface area contributed by atoms with Crippen molar-refractivity contribution in [3.63, 3.8) is 0 Å². The number of amides is 1. The standard InChI is InChI=1S/C15H19N5O/c1-11-12(2)17-18-14(11)15(21)20-9-7-19(8-10-20)13-5-3-4-6-16-13/h3-6H,7-10H2,1-2H3,(H,17,18). The van der Waals surface area contributed by atoms with E-state index in [9.17, 15) is 4.79 Å². The third kappa shape index (κ3) is 2.61. The summed E-state index contributed by atoms with van der Waals surface area (Å²) in [5.41, 5.74) is 2.43.